The van der Waals surface area contributed by atoms with E-state index < -0.39 is 0 Å². The number of imidazole rings is 1. The van der Waals surface area contributed by atoms with Gasteiger partial charge in [-0.05, 0) is 63.5 Å². The van der Waals surface area contributed by atoms with Crippen LogP contribution < -0.4 is 0 Å². The van der Waals surface area contributed by atoms with Crippen molar-refractivity contribution in [3.63, 3.8) is 0 Å². The summed E-state index contributed by atoms with van der Waals surface area (Å²) in [4.78, 5) is 21.4. The monoisotopic (exact) mass is 360 g/mol. The lowest BCUT2D eigenvalue weighted by Gasteiger charge is -2.50. The molecule has 1 amide bonds. The molecule has 26 heavy (non-hydrogen) atoms. The maximum atomic E-state index is 12.5. The lowest BCUT2D eigenvalue weighted by atomic mass is 9.71. The largest absolute Gasteiger partial charge is 0.393 e. The van der Waals surface area contributed by atoms with Crippen molar-refractivity contribution in [3.8, 4) is 0 Å². The van der Waals surface area contributed by atoms with Gasteiger partial charge in [0.05, 0.1) is 12.4 Å². The predicted molar refractivity (Wildman–Crippen MR) is 99.5 cm³/mol. The van der Waals surface area contributed by atoms with Gasteiger partial charge in [-0.1, -0.05) is 0 Å². The number of hydrogen-bond donors (Lipinski definition) is 1. The van der Waals surface area contributed by atoms with Crippen LogP contribution in [0, 0.1) is 5.41 Å². The van der Waals surface area contributed by atoms with Crippen molar-refractivity contribution < 1.29 is 9.90 Å². The molecule has 0 bridgehead atoms. The van der Waals surface area contributed by atoms with Crippen molar-refractivity contribution in [2.45, 2.75) is 70.1 Å². The molecule has 1 aromatic rings. The van der Waals surface area contributed by atoms with E-state index in [0.717, 1.165) is 64.8 Å². The maximum Gasteiger partial charge on any atom is 0.222 e. The summed E-state index contributed by atoms with van der Waals surface area (Å²) in [6.07, 6.45) is 13.4. The molecule has 1 aromatic heterocycles. The minimum Gasteiger partial charge on any atom is -0.393 e. The Labute approximate surface area is 156 Å². The lowest BCUT2D eigenvalue weighted by molar-refractivity contribution is -0.143. The van der Waals surface area contributed by atoms with Crippen LogP contribution in [0.1, 0.15) is 51.4 Å². The molecular weight excluding hydrogens is 328 g/mol. The first-order valence-corrected chi connectivity index (χ1v) is 10.3. The van der Waals surface area contributed by atoms with Crippen LogP contribution in [-0.4, -0.2) is 68.7 Å². The third-order valence-corrected chi connectivity index (χ3v) is 6.95. The number of aliphatic hydroxyl groups excluding tert-OH is 1. The lowest BCUT2D eigenvalue weighted by Crippen LogP contribution is -2.55. The number of hydrogen-bond acceptors (Lipinski definition) is 4. The predicted octanol–water partition coefficient (Wildman–Crippen LogP) is 1.89. The van der Waals surface area contributed by atoms with Gasteiger partial charge in [0.1, 0.15) is 0 Å². The van der Waals surface area contributed by atoms with E-state index in [1.807, 2.05) is 18.7 Å². The van der Waals surface area contributed by atoms with E-state index in [2.05, 4.69) is 19.4 Å². The molecule has 144 valence electrons. The highest BCUT2D eigenvalue weighted by atomic mass is 16.3. The van der Waals surface area contributed by atoms with Crippen LogP contribution in [0.2, 0.25) is 0 Å². The van der Waals surface area contributed by atoms with Gasteiger partial charge >= 0.3 is 0 Å². The third-order valence-electron chi connectivity index (χ3n) is 6.95. The third kappa shape index (κ3) is 3.96. The molecular formula is C20H32N4O2. The minimum absolute atomic E-state index is 0.154. The van der Waals surface area contributed by atoms with Gasteiger partial charge in [0.2, 0.25) is 5.91 Å². The number of rotatable bonds is 4. The molecule has 1 N–H and O–H groups in total. The highest BCUT2D eigenvalue weighted by Crippen LogP contribution is 2.42. The first-order valence-electron chi connectivity index (χ1n) is 10.3. The summed E-state index contributed by atoms with van der Waals surface area (Å²) < 4.78 is 2.14. The molecule has 0 atom stereocenters. The number of piperidine rings is 2. The molecule has 1 spiro atoms. The number of likely N-dealkylation sites (tertiary alicyclic amines) is 2. The van der Waals surface area contributed by atoms with Crippen molar-refractivity contribution >= 4 is 5.91 Å². The fourth-order valence-corrected chi connectivity index (χ4v) is 5.08. The van der Waals surface area contributed by atoms with Crippen LogP contribution in [0.5, 0.6) is 0 Å². The van der Waals surface area contributed by atoms with Crippen LogP contribution in [-0.2, 0) is 11.3 Å². The minimum atomic E-state index is -0.154. The SMILES string of the molecule is O=C1CCC2(CCN(CCn3ccnc3)CC2)CN1C1CCC(O)CC1. The molecule has 0 radical (unpaired) electrons. The van der Waals surface area contributed by atoms with Crippen molar-refractivity contribution in [2.24, 2.45) is 5.41 Å². The summed E-state index contributed by atoms with van der Waals surface area (Å²) in [5.74, 6) is 0.347. The normalized spacial score (nSPS) is 30.0. The Morgan fingerprint density at radius 3 is 2.58 bits per heavy atom. The fraction of sp³-hybridized carbons (Fsp3) is 0.800. The molecule has 6 heteroatoms. The summed E-state index contributed by atoms with van der Waals surface area (Å²) in [5.41, 5.74) is 0.329. The average molecular weight is 361 g/mol. The number of nitrogens with zero attached hydrogens (tertiary/aromatic N) is 4. The molecule has 1 aliphatic carbocycles. The van der Waals surface area contributed by atoms with Gasteiger partial charge in [-0.25, -0.2) is 4.98 Å². The number of carbonyl (C=O) groups is 1. The Kier molecular flexibility index (Phi) is 5.32. The molecule has 6 nitrogen and oxygen atoms in total. The Balaban J connectivity index is 1.30. The summed E-state index contributed by atoms with van der Waals surface area (Å²) in [7, 11) is 0. The van der Waals surface area contributed by atoms with E-state index in [0.29, 0.717) is 23.8 Å². The summed E-state index contributed by atoms with van der Waals surface area (Å²) in [6.45, 7) is 5.31. The zero-order chi connectivity index (χ0) is 18.0. The molecule has 4 rings (SSSR count). The van der Waals surface area contributed by atoms with E-state index in [9.17, 15) is 9.90 Å². The van der Waals surface area contributed by atoms with Gasteiger partial charge < -0.3 is 19.5 Å². The highest BCUT2D eigenvalue weighted by Gasteiger charge is 2.43. The standard InChI is InChI=1S/C20H32N4O2/c25-18-3-1-17(2-4-18)24-15-20(6-5-19(24)26)7-10-22(11-8-20)13-14-23-12-9-21-16-23/h9,12,16-18,25H,1-8,10-11,13-15H2. The van der Waals surface area contributed by atoms with Crippen molar-refractivity contribution in [2.75, 3.05) is 26.2 Å². The van der Waals surface area contributed by atoms with Gasteiger partial charge in [-0.3, -0.25) is 4.79 Å². The van der Waals surface area contributed by atoms with E-state index in [4.69, 9.17) is 0 Å². The van der Waals surface area contributed by atoms with Crippen molar-refractivity contribution in [3.05, 3.63) is 18.7 Å². The van der Waals surface area contributed by atoms with Crippen molar-refractivity contribution in [1.29, 1.82) is 0 Å². The summed E-state index contributed by atoms with van der Waals surface area (Å²) in [5, 5.41) is 9.77. The Morgan fingerprint density at radius 1 is 1.12 bits per heavy atom. The van der Waals surface area contributed by atoms with Crippen LogP contribution in [0.25, 0.3) is 0 Å². The van der Waals surface area contributed by atoms with Crippen LogP contribution in [0.3, 0.4) is 0 Å². The van der Waals surface area contributed by atoms with Gasteiger partial charge in [-0.15, -0.1) is 0 Å². The first kappa shape index (κ1) is 18.0. The molecule has 2 saturated heterocycles. The molecule has 3 heterocycles. The van der Waals surface area contributed by atoms with Crippen LogP contribution in [0.4, 0.5) is 0 Å². The topological polar surface area (TPSA) is 61.6 Å². The van der Waals surface area contributed by atoms with Gasteiger partial charge in [0, 0.05) is 44.5 Å². The van der Waals surface area contributed by atoms with Crippen LogP contribution >= 0.6 is 0 Å². The number of aromatic nitrogens is 2. The second-order valence-corrected chi connectivity index (χ2v) is 8.63. The van der Waals surface area contributed by atoms with Gasteiger partial charge in [0.25, 0.3) is 0 Å². The molecule has 3 fully saturated rings. The van der Waals surface area contributed by atoms with Crippen molar-refractivity contribution in [1.82, 2.24) is 19.4 Å². The maximum absolute atomic E-state index is 12.5. The zero-order valence-electron chi connectivity index (χ0n) is 15.7. The first-order chi connectivity index (χ1) is 12.6. The smallest absolute Gasteiger partial charge is 0.222 e. The van der Waals surface area contributed by atoms with Crippen LogP contribution in [0.15, 0.2) is 18.7 Å². The number of amides is 1. The summed E-state index contributed by atoms with van der Waals surface area (Å²) in [6, 6.07) is 0.363. The van der Waals surface area contributed by atoms with E-state index in [-0.39, 0.29) is 6.10 Å². The average Bonchev–Trinajstić information content (AvgIpc) is 3.18. The summed E-state index contributed by atoms with van der Waals surface area (Å²) >= 11 is 0. The van der Waals surface area contributed by atoms with E-state index >= 15 is 0 Å². The molecule has 3 aliphatic rings. The fourth-order valence-electron chi connectivity index (χ4n) is 5.08. The van der Waals surface area contributed by atoms with E-state index in [1.54, 1.807) is 0 Å². The molecule has 1 saturated carbocycles. The zero-order valence-corrected chi connectivity index (χ0v) is 15.7. The van der Waals surface area contributed by atoms with Gasteiger partial charge in [-0.2, -0.15) is 0 Å². The van der Waals surface area contributed by atoms with E-state index in [1.165, 1.54) is 12.8 Å². The second-order valence-electron chi connectivity index (χ2n) is 8.63. The second kappa shape index (κ2) is 7.69. The number of aliphatic hydroxyl groups is 1. The molecule has 0 aromatic carbocycles. The van der Waals surface area contributed by atoms with Gasteiger partial charge in [0.15, 0.2) is 0 Å². The number of carbonyl (C=O) groups excluding carboxylic acids is 1. The Morgan fingerprint density at radius 2 is 1.88 bits per heavy atom. The Hall–Kier alpha value is -1.40. The molecule has 0 unspecified atom stereocenters. The highest BCUT2D eigenvalue weighted by molar-refractivity contribution is 5.77. The Bertz CT molecular complexity index is 587. The quantitative estimate of drug-likeness (QED) is 0.891. The molecule has 2 aliphatic heterocycles.